The number of hydrogen-bond acceptors (Lipinski definition) is 2. The van der Waals surface area contributed by atoms with Gasteiger partial charge in [-0.25, -0.2) is 10.2 Å². The lowest BCUT2D eigenvalue weighted by Gasteiger charge is -2.10. The van der Waals surface area contributed by atoms with E-state index in [0.29, 0.717) is 12.5 Å². The van der Waals surface area contributed by atoms with Crippen LogP contribution >= 0.6 is 0 Å². The van der Waals surface area contributed by atoms with Crippen molar-refractivity contribution in [2.45, 2.75) is 33.1 Å². The summed E-state index contributed by atoms with van der Waals surface area (Å²) in [5.41, 5.74) is 4.64. The van der Waals surface area contributed by atoms with E-state index >= 15 is 0 Å². The van der Waals surface area contributed by atoms with Gasteiger partial charge in [0.2, 0.25) is 5.96 Å². The quantitative estimate of drug-likeness (QED) is 0.242. The van der Waals surface area contributed by atoms with E-state index in [1.165, 1.54) is 6.07 Å². The average Bonchev–Trinajstić information content (AvgIpc) is 2.39. The van der Waals surface area contributed by atoms with Crippen molar-refractivity contribution in [2.24, 2.45) is 10.8 Å². The van der Waals surface area contributed by atoms with E-state index in [9.17, 15) is 4.39 Å². The monoisotopic (exact) mass is 266 g/mol. The second-order valence-electron chi connectivity index (χ2n) is 4.48. The summed E-state index contributed by atoms with van der Waals surface area (Å²) in [4.78, 5) is 4.31. The third-order valence-electron chi connectivity index (χ3n) is 2.91. The minimum absolute atomic E-state index is 0.195. The molecule has 0 unspecified atom stereocenters. The maximum absolute atomic E-state index is 13.0. The summed E-state index contributed by atoms with van der Waals surface area (Å²) >= 11 is 0. The third-order valence-corrected chi connectivity index (χ3v) is 2.91. The fraction of sp³-hybridized carbons (Fsp3) is 0.500. The van der Waals surface area contributed by atoms with Gasteiger partial charge in [0, 0.05) is 13.1 Å². The van der Waals surface area contributed by atoms with Crippen LogP contribution in [-0.2, 0) is 6.42 Å². The topological polar surface area (TPSA) is 62.4 Å². The number of nitrogens with zero attached hydrogens (tertiary/aromatic N) is 1. The number of hydrazine groups is 1. The highest BCUT2D eigenvalue weighted by atomic mass is 19.1. The van der Waals surface area contributed by atoms with Gasteiger partial charge in [-0.05, 0) is 43.0 Å². The van der Waals surface area contributed by atoms with E-state index in [1.54, 1.807) is 6.07 Å². The number of nitrogens with one attached hydrogen (secondary N) is 2. The second kappa shape index (κ2) is 8.48. The maximum atomic E-state index is 13.0. The van der Waals surface area contributed by atoms with Crippen LogP contribution in [0.2, 0.25) is 0 Å². The van der Waals surface area contributed by atoms with Crippen LogP contribution in [0.25, 0.3) is 0 Å². The zero-order chi connectivity index (χ0) is 14.1. The van der Waals surface area contributed by atoms with E-state index < -0.39 is 0 Å². The first-order valence-corrected chi connectivity index (χ1v) is 6.67. The van der Waals surface area contributed by atoms with E-state index in [2.05, 4.69) is 22.7 Å². The lowest BCUT2D eigenvalue weighted by Crippen LogP contribution is -2.42. The van der Waals surface area contributed by atoms with E-state index in [-0.39, 0.29) is 5.82 Å². The summed E-state index contributed by atoms with van der Waals surface area (Å²) in [6.45, 7) is 5.51. The highest BCUT2D eigenvalue weighted by Gasteiger charge is 2.01. The molecule has 0 spiro atoms. The number of unbranched alkanes of at least 4 members (excludes halogenated alkanes) is 1. The number of guanidine groups is 1. The van der Waals surface area contributed by atoms with E-state index in [4.69, 9.17) is 5.84 Å². The predicted octanol–water partition coefficient (Wildman–Crippen LogP) is 1.89. The Hall–Kier alpha value is -1.62. The molecule has 0 atom stereocenters. The van der Waals surface area contributed by atoms with Gasteiger partial charge in [0.05, 0.1) is 0 Å². The van der Waals surface area contributed by atoms with Gasteiger partial charge < -0.3 is 5.32 Å². The zero-order valence-corrected chi connectivity index (χ0v) is 11.7. The molecular weight excluding hydrogens is 243 g/mol. The number of rotatable bonds is 6. The zero-order valence-electron chi connectivity index (χ0n) is 11.7. The van der Waals surface area contributed by atoms with Crippen molar-refractivity contribution in [3.63, 3.8) is 0 Å². The normalized spacial score (nSPS) is 11.5. The largest absolute Gasteiger partial charge is 0.355 e. The van der Waals surface area contributed by atoms with Crippen LogP contribution in [0.1, 0.15) is 30.9 Å². The molecule has 4 N–H and O–H groups in total. The summed E-state index contributed by atoms with van der Waals surface area (Å²) in [5.74, 6) is 5.80. The van der Waals surface area contributed by atoms with Gasteiger partial charge in [-0.3, -0.25) is 10.4 Å². The van der Waals surface area contributed by atoms with Gasteiger partial charge >= 0.3 is 0 Å². The van der Waals surface area contributed by atoms with Gasteiger partial charge in [-0.15, -0.1) is 0 Å². The molecule has 4 nitrogen and oxygen atoms in total. The first-order chi connectivity index (χ1) is 9.17. The molecule has 1 aromatic rings. The van der Waals surface area contributed by atoms with E-state index in [1.807, 2.05) is 13.0 Å². The standard InChI is InChI=1S/C14H23FN4/c1-3-4-8-17-14(19-16)18-9-7-12-5-6-13(15)10-11(12)2/h5-6,10H,3-4,7-9,16H2,1-2H3,(H2,17,18,19). The van der Waals surface area contributed by atoms with E-state index in [0.717, 1.165) is 36.9 Å². The highest BCUT2D eigenvalue weighted by Crippen LogP contribution is 2.10. The van der Waals surface area contributed by atoms with Gasteiger partial charge in [-0.2, -0.15) is 0 Å². The molecule has 0 aromatic heterocycles. The smallest absolute Gasteiger partial charge is 0.205 e. The number of hydrogen-bond donors (Lipinski definition) is 3. The third kappa shape index (κ3) is 5.70. The molecule has 0 aliphatic carbocycles. The Morgan fingerprint density at radius 1 is 1.42 bits per heavy atom. The summed E-state index contributed by atoms with van der Waals surface area (Å²) in [5, 5.41) is 3.14. The predicted molar refractivity (Wildman–Crippen MR) is 77.4 cm³/mol. The average molecular weight is 266 g/mol. The summed E-state index contributed by atoms with van der Waals surface area (Å²) in [6, 6.07) is 4.85. The Morgan fingerprint density at radius 2 is 2.21 bits per heavy atom. The van der Waals surface area contributed by atoms with Crippen molar-refractivity contribution in [1.29, 1.82) is 0 Å². The lowest BCUT2D eigenvalue weighted by atomic mass is 10.1. The van der Waals surface area contributed by atoms with Crippen LogP contribution in [0.3, 0.4) is 0 Å². The van der Waals surface area contributed by atoms with Gasteiger partial charge in [0.1, 0.15) is 5.82 Å². The second-order valence-corrected chi connectivity index (χ2v) is 4.48. The summed E-state index contributed by atoms with van der Waals surface area (Å²) in [6.07, 6.45) is 2.96. The molecular formula is C14H23FN4. The molecule has 0 fully saturated rings. The SMILES string of the molecule is CCCCN=C(NN)NCCc1ccc(F)cc1C. The van der Waals surface area contributed by atoms with Crippen molar-refractivity contribution >= 4 is 5.96 Å². The van der Waals surface area contributed by atoms with Crippen molar-refractivity contribution < 1.29 is 4.39 Å². The fourth-order valence-corrected chi connectivity index (χ4v) is 1.76. The number of benzene rings is 1. The first kappa shape index (κ1) is 15.4. The number of halogens is 1. The first-order valence-electron chi connectivity index (χ1n) is 6.67. The van der Waals surface area contributed by atoms with Crippen LogP contribution in [0.4, 0.5) is 4.39 Å². The van der Waals surface area contributed by atoms with Crippen LogP contribution in [-0.4, -0.2) is 19.0 Å². The molecule has 0 saturated carbocycles. The molecule has 19 heavy (non-hydrogen) atoms. The van der Waals surface area contributed by atoms with Crippen LogP contribution in [0.15, 0.2) is 23.2 Å². The Morgan fingerprint density at radius 3 is 2.84 bits per heavy atom. The number of nitrogens with two attached hydrogens (primary N) is 1. The molecule has 5 heteroatoms. The van der Waals surface area contributed by atoms with Gasteiger partial charge in [0.15, 0.2) is 0 Å². The van der Waals surface area contributed by atoms with Crippen molar-refractivity contribution in [3.8, 4) is 0 Å². The molecule has 1 aromatic carbocycles. The molecule has 0 aliphatic heterocycles. The van der Waals surface area contributed by atoms with Crippen LogP contribution in [0.5, 0.6) is 0 Å². The fourth-order valence-electron chi connectivity index (χ4n) is 1.76. The van der Waals surface area contributed by atoms with Gasteiger partial charge in [-0.1, -0.05) is 19.4 Å². The molecule has 0 amide bonds. The Bertz CT molecular complexity index is 418. The Kier molecular flexibility index (Phi) is 6.89. The molecule has 0 aliphatic rings. The summed E-state index contributed by atoms with van der Waals surface area (Å²) < 4.78 is 13.0. The van der Waals surface area contributed by atoms with Crippen molar-refractivity contribution in [2.75, 3.05) is 13.1 Å². The molecule has 1 rings (SSSR count). The highest BCUT2D eigenvalue weighted by molar-refractivity contribution is 5.79. The molecule has 106 valence electrons. The van der Waals surface area contributed by atoms with Crippen molar-refractivity contribution in [3.05, 3.63) is 35.1 Å². The molecule has 0 bridgehead atoms. The minimum Gasteiger partial charge on any atom is -0.355 e. The van der Waals surface area contributed by atoms with Gasteiger partial charge in [0.25, 0.3) is 0 Å². The molecule has 0 radical (unpaired) electrons. The Labute approximate surface area is 114 Å². The minimum atomic E-state index is -0.195. The molecule has 0 heterocycles. The Balaban J connectivity index is 2.41. The maximum Gasteiger partial charge on any atom is 0.205 e. The van der Waals surface area contributed by atoms with Crippen molar-refractivity contribution in [1.82, 2.24) is 10.7 Å². The lowest BCUT2D eigenvalue weighted by molar-refractivity contribution is 0.625. The molecule has 0 saturated heterocycles. The van der Waals surface area contributed by atoms with Crippen LogP contribution in [0, 0.1) is 12.7 Å². The summed E-state index contributed by atoms with van der Waals surface area (Å²) in [7, 11) is 0. The number of aryl methyl sites for hydroxylation is 1. The van der Waals surface area contributed by atoms with Crippen LogP contribution < -0.4 is 16.6 Å². The number of aliphatic imine (C=N–C) groups is 1.